The van der Waals surface area contributed by atoms with Gasteiger partial charge in [0.25, 0.3) is 9.05 Å². The Labute approximate surface area is 123 Å². The first-order chi connectivity index (χ1) is 9.51. The van der Waals surface area contributed by atoms with Gasteiger partial charge >= 0.3 is 6.18 Å². The number of aryl methyl sites for hydroxylation is 1. The molecule has 2 rings (SSSR count). The maximum Gasteiger partial charge on any atom is 0.416 e. The van der Waals surface area contributed by atoms with Gasteiger partial charge in [0, 0.05) is 10.7 Å². The highest BCUT2D eigenvalue weighted by Crippen LogP contribution is 2.31. The molecule has 2 aromatic rings. The number of alkyl halides is 3. The number of hydrogen-bond donors (Lipinski definition) is 0. The highest BCUT2D eigenvalue weighted by atomic mass is 35.7. The SMILES string of the molecule is Cc1nn(-c2cccc(C(F)(F)F)c2)c(C)c1S(=O)(=O)Cl. The van der Waals surface area contributed by atoms with Crippen LogP contribution in [-0.4, -0.2) is 18.2 Å². The molecule has 0 spiro atoms. The van der Waals surface area contributed by atoms with E-state index >= 15 is 0 Å². The summed E-state index contributed by atoms with van der Waals surface area (Å²) in [7, 11) is 1.29. The number of hydrogen-bond acceptors (Lipinski definition) is 3. The van der Waals surface area contributed by atoms with Crippen molar-refractivity contribution in [3.63, 3.8) is 0 Å². The minimum atomic E-state index is -4.49. The van der Waals surface area contributed by atoms with Crippen LogP contribution in [0.4, 0.5) is 13.2 Å². The lowest BCUT2D eigenvalue weighted by molar-refractivity contribution is -0.137. The first kappa shape index (κ1) is 15.8. The molecule has 0 atom stereocenters. The predicted octanol–water partition coefficient (Wildman–Crippen LogP) is 3.44. The van der Waals surface area contributed by atoms with Crippen molar-refractivity contribution in [1.82, 2.24) is 9.78 Å². The van der Waals surface area contributed by atoms with Crippen LogP contribution in [0.1, 0.15) is 17.0 Å². The summed E-state index contributed by atoms with van der Waals surface area (Å²) in [4.78, 5) is -0.193. The van der Waals surface area contributed by atoms with Crippen LogP contribution in [0.5, 0.6) is 0 Å². The fraction of sp³-hybridized carbons (Fsp3) is 0.250. The molecule has 21 heavy (non-hydrogen) atoms. The summed E-state index contributed by atoms with van der Waals surface area (Å²) >= 11 is 0. The van der Waals surface area contributed by atoms with Gasteiger partial charge in [-0.25, -0.2) is 13.1 Å². The monoisotopic (exact) mass is 338 g/mol. The van der Waals surface area contributed by atoms with Gasteiger partial charge in [-0.15, -0.1) is 0 Å². The van der Waals surface area contributed by atoms with E-state index in [2.05, 4.69) is 5.10 Å². The largest absolute Gasteiger partial charge is 0.416 e. The molecule has 1 heterocycles. The maximum atomic E-state index is 12.7. The Balaban J connectivity index is 2.65. The van der Waals surface area contributed by atoms with Crippen molar-refractivity contribution in [2.75, 3.05) is 0 Å². The van der Waals surface area contributed by atoms with E-state index in [1.165, 1.54) is 26.0 Å². The molecule has 4 nitrogen and oxygen atoms in total. The van der Waals surface area contributed by atoms with Crippen LogP contribution < -0.4 is 0 Å². The van der Waals surface area contributed by atoms with Crippen LogP contribution in [-0.2, 0) is 15.2 Å². The van der Waals surface area contributed by atoms with Crippen LogP contribution in [0, 0.1) is 13.8 Å². The lowest BCUT2D eigenvalue weighted by Crippen LogP contribution is -2.07. The van der Waals surface area contributed by atoms with Gasteiger partial charge in [-0.3, -0.25) is 0 Å². The molecule has 1 aromatic heterocycles. The Morgan fingerprint density at radius 1 is 1.24 bits per heavy atom. The quantitative estimate of drug-likeness (QED) is 0.788. The third-order valence-corrected chi connectivity index (χ3v) is 4.43. The third-order valence-electron chi connectivity index (χ3n) is 2.89. The number of nitrogens with zero attached hydrogens (tertiary/aromatic N) is 2. The Hall–Kier alpha value is -1.54. The van der Waals surface area contributed by atoms with E-state index in [-0.39, 0.29) is 22.0 Å². The molecule has 0 amide bonds. The minimum absolute atomic E-state index is 0.108. The van der Waals surface area contributed by atoms with Crippen molar-refractivity contribution in [2.45, 2.75) is 24.9 Å². The lowest BCUT2D eigenvalue weighted by atomic mass is 10.2. The zero-order valence-corrected chi connectivity index (χ0v) is 12.5. The minimum Gasteiger partial charge on any atom is -0.236 e. The van der Waals surface area contributed by atoms with E-state index in [9.17, 15) is 21.6 Å². The van der Waals surface area contributed by atoms with Gasteiger partial charge in [0.15, 0.2) is 0 Å². The molecule has 0 saturated heterocycles. The van der Waals surface area contributed by atoms with Gasteiger partial charge in [0.1, 0.15) is 4.90 Å². The highest BCUT2D eigenvalue weighted by Gasteiger charge is 2.31. The molecule has 0 aliphatic carbocycles. The zero-order chi connectivity index (χ0) is 16.0. The van der Waals surface area contributed by atoms with Crippen molar-refractivity contribution in [1.29, 1.82) is 0 Å². The molecule has 114 valence electrons. The summed E-state index contributed by atoms with van der Waals surface area (Å²) in [5, 5.41) is 3.96. The molecule has 1 aromatic carbocycles. The van der Waals surface area contributed by atoms with Crippen LogP contribution in [0.2, 0.25) is 0 Å². The molecular weight excluding hydrogens is 329 g/mol. The molecule has 0 bridgehead atoms. The Bertz CT molecular complexity index is 797. The summed E-state index contributed by atoms with van der Waals surface area (Å²) in [6.45, 7) is 2.85. The van der Waals surface area contributed by atoms with E-state index in [1.54, 1.807) is 0 Å². The summed E-state index contributed by atoms with van der Waals surface area (Å²) in [5.41, 5.74) is -0.457. The second-order valence-corrected chi connectivity index (χ2v) is 6.90. The topological polar surface area (TPSA) is 52.0 Å². The van der Waals surface area contributed by atoms with Crippen molar-refractivity contribution in [3.8, 4) is 5.69 Å². The normalized spacial score (nSPS) is 12.7. The Kier molecular flexibility index (Phi) is 3.79. The average Bonchev–Trinajstić information content (AvgIpc) is 2.63. The third kappa shape index (κ3) is 3.06. The van der Waals surface area contributed by atoms with Gasteiger partial charge in [-0.2, -0.15) is 18.3 Å². The number of rotatable bonds is 2. The highest BCUT2D eigenvalue weighted by molar-refractivity contribution is 8.13. The van der Waals surface area contributed by atoms with Gasteiger partial charge in [-0.1, -0.05) is 6.07 Å². The molecular formula is C12H10ClF3N2O2S. The summed E-state index contributed by atoms with van der Waals surface area (Å²) in [6.07, 6.45) is -4.49. The van der Waals surface area contributed by atoms with Crippen molar-refractivity contribution in [3.05, 3.63) is 41.2 Å². The van der Waals surface area contributed by atoms with E-state index in [1.807, 2.05) is 0 Å². The molecule has 0 unspecified atom stereocenters. The molecule has 0 aliphatic rings. The smallest absolute Gasteiger partial charge is 0.236 e. The van der Waals surface area contributed by atoms with E-state index < -0.39 is 20.8 Å². The van der Waals surface area contributed by atoms with Crippen LogP contribution in [0.15, 0.2) is 29.2 Å². The van der Waals surface area contributed by atoms with Gasteiger partial charge < -0.3 is 0 Å². The molecule has 0 saturated carbocycles. The van der Waals surface area contributed by atoms with Crippen molar-refractivity contribution >= 4 is 19.7 Å². The molecule has 9 heteroatoms. The first-order valence-corrected chi connectivity index (χ1v) is 8.01. The second kappa shape index (κ2) is 5.03. The zero-order valence-electron chi connectivity index (χ0n) is 10.9. The number of aromatic nitrogens is 2. The maximum absolute atomic E-state index is 12.7. The van der Waals surface area contributed by atoms with Crippen LogP contribution in [0.25, 0.3) is 5.69 Å². The molecule has 0 fully saturated rings. The van der Waals surface area contributed by atoms with E-state index in [0.29, 0.717) is 0 Å². The van der Waals surface area contributed by atoms with Crippen molar-refractivity contribution < 1.29 is 21.6 Å². The molecule has 0 radical (unpaired) electrons. The standard InChI is InChI=1S/C12H10ClF3N2O2S/c1-7-11(21(13,19)20)8(2)18(17-7)10-5-3-4-9(6-10)12(14,15)16/h3-6H,1-2H3. The fourth-order valence-corrected chi connectivity index (χ4v) is 3.55. The van der Waals surface area contributed by atoms with Gasteiger partial charge in [-0.05, 0) is 32.0 Å². The van der Waals surface area contributed by atoms with E-state index in [4.69, 9.17) is 10.7 Å². The van der Waals surface area contributed by atoms with Crippen LogP contribution >= 0.6 is 10.7 Å². The average molecular weight is 339 g/mol. The fourth-order valence-electron chi connectivity index (χ4n) is 2.05. The second-order valence-electron chi connectivity index (χ2n) is 4.40. The summed E-state index contributed by atoms with van der Waals surface area (Å²) in [5.74, 6) is 0. The van der Waals surface area contributed by atoms with Gasteiger partial charge in [0.05, 0.1) is 22.6 Å². The predicted molar refractivity (Wildman–Crippen MR) is 71.1 cm³/mol. The Morgan fingerprint density at radius 2 is 1.86 bits per heavy atom. The first-order valence-electron chi connectivity index (χ1n) is 5.70. The summed E-state index contributed by atoms with van der Waals surface area (Å²) < 4.78 is 62.2. The summed E-state index contributed by atoms with van der Waals surface area (Å²) in [6, 6.07) is 4.45. The molecule has 0 aliphatic heterocycles. The van der Waals surface area contributed by atoms with Crippen molar-refractivity contribution in [2.24, 2.45) is 0 Å². The lowest BCUT2D eigenvalue weighted by Gasteiger charge is -2.10. The Morgan fingerprint density at radius 3 is 2.33 bits per heavy atom. The van der Waals surface area contributed by atoms with Gasteiger partial charge in [0.2, 0.25) is 0 Å². The number of halogens is 4. The van der Waals surface area contributed by atoms with Crippen LogP contribution in [0.3, 0.4) is 0 Å². The number of benzene rings is 1. The molecule has 0 N–H and O–H groups in total. The van der Waals surface area contributed by atoms with E-state index in [0.717, 1.165) is 16.8 Å².